The minimum Gasteiger partial charge on any atom is -0.262 e. The smallest absolute Gasteiger partial charge is 0.0439 e. The van der Waals surface area contributed by atoms with Crippen molar-refractivity contribution in [2.45, 2.75) is 20.8 Å². The number of aromatic nitrogens is 2. The number of pyridine rings is 2. The average molecular weight is 235 g/mol. The van der Waals surface area contributed by atoms with E-state index in [1.165, 1.54) is 5.56 Å². The van der Waals surface area contributed by atoms with Gasteiger partial charge >= 0.3 is 0 Å². The van der Waals surface area contributed by atoms with Gasteiger partial charge in [-0.1, -0.05) is 11.6 Å². The first-order valence-corrected chi connectivity index (χ1v) is 5.43. The summed E-state index contributed by atoms with van der Waals surface area (Å²) in [4.78, 5) is 8.00. The van der Waals surface area contributed by atoms with Gasteiger partial charge in [0, 0.05) is 28.8 Å². The van der Waals surface area contributed by atoms with Gasteiger partial charge < -0.3 is 0 Å². The van der Waals surface area contributed by atoms with Crippen LogP contribution in [0, 0.1) is 20.8 Å². The second kappa shape index (κ2) is 6.23. The third-order valence-electron chi connectivity index (χ3n) is 1.91. The highest BCUT2D eigenvalue weighted by Crippen LogP contribution is 2.05. The van der Waals surface area contributed by atoms with Crippen LogP contribution >= 0.6 is 11.6 Å². The lowest BCUT2D eigenvalue weighted by Crippen LogP contribution is -1.78. The molecule has 0 radical (unpaired) electrons. The fraction of sp³-hybridized carbons (Fsp3) is 0.231. The van der Waals surface area contributed by atoms with Crippen molar-refractivity contribution in [2.75, 3.05) is 0 Å². The van der Waals surface area contributed by atoms with Crippen LogP contribution in [-0.2, 0) is 0 Å². The minimum absolute atomic E-state index is 0.748. The molecule has 0 saturated carbocycles. The topological polar surface area (TPSA) is 25.8 Å². The summed E-state index contributed by atoms with van der Waals surface area (Å²) in [7, 11) is 0. The Hall–Kier alpha value is -1.41. The van der Waals surface area contributed by atoms with E-state index >= 15 is 0 Å². The summed E-state index contributed by atoms with van der Waals surface area (Å²) in [5.41, 5.74) is 3.32. The third kappa shape index (κ3) is 4.89. The van der Waals surface area contributed by atoms with Gasteiger partial charge in [-0.2, -0.15) is 0 Å². The molecule has 0 fully saturated rings. The van der Waals surface area contributed by atoms with Gasteiger partial charge in [0.1, 0.15) is 0 Å². The molecule has 2 aromatic rings. The fourth-order valence-corrected chi connectivity index (χ4v) is 1.41. The Morgan fingerprint density at radius 3 is 1.75 bits per heavy atom. The highest BCUT2D eigenvalue weighted by atomic mass is 35.5. The Morgan fingerprint density at radius 1 is 0.875 bits per heavy atom. The zero-order chi connectivity index (χ0) is 12.0. The number of nitrogens with zero attached hydrogens (tertiary/aromatic N) is 2. The van der Waals surface area contributed by atoms with Crippen LogP contribution in [0.5, 0.6) is 0 Å². The highest BCUT2D eigenvalue weighted by Gasteiger charge is 1.84. The molecule has 0 aliphatic carbocycles. The molecule has 0 aliphatic heterocycles. The summed E-state index contributed by atoms with van der Waals surface area (Å²) in [6, 6.07) is 7.63. The van der Waals surface area contributed by atoms with Gasteiger partial charge in [0.05, 0.1) is 0 Å². The van der Waals surface area contributed by atoms with Crippen LogP contribution in [0.1, 0.15) is 17.0 Å². The van der Waals surface area contributed by atoms with Crippen LogP contribution in [0.2, 0.25) is 5.02 Å². The number of halogens is 1. The maximum absolute atomic E-state index is 5.60. The van der Waals surface area contributed by atoms with Crippen LogP contribution < -0.4 is 0 Å². The molecule has 0 spiro atoms. The van der Waals surface area contributed by atoms with Crippen LogP contribution in [0.15, 0.2) is 36.7 Å². The molecule has 0 unspecified atom stereocenters. The molecular weight excluding hydrogens is 220 g/mol. The van der Waals surface area contributed by atoms with Crippen molar-refractivity contribution in [3.63, 3.8) is 0 Å². The Bertz CT molecular complexity index is 377. The number of rotatable bonds is 0. The second-order valence-corrected chi connectivity index (χ2v) is 4.03. The molecule has 0 amide bonds. The Morgan fingerprint density at radius 2 is 1.44 bits per heavy atom. The molecular formula is C13H15ClN2. The first-order valence-electron chi connectivity index (χ1n) is 5.05. The maximum Gasteiger partial charge on any atom is 0.0439 e. The number of hydrogen-bond acceptors (Lipinski definition) is 2. The van der Waals surface area contributed by atoms with Gasteiger partial charge in [-0.15, -0.1) is 0 Å². The summed E-state index contributed by atoms with van der Waals surface area (Å²) in [6.45, 7) is 5.97. The molecule has 0 N–H and O–H groups in total. The van der Waals surface area contributed by atoms with Crippen molar-refractivity contribution in [1.29, 1.82) is 0 Å². The van der Waals surface area contributed by atoms with E-state index in [1.807, 2.05) is 32.2 Å². The predicted octanol–water partition coefficient (Wildman–Crippen LogP) is 3.74. The van der Waals surface area contributed by atoms with Crippen LogP contribution in [0.3, 0.4) is 0 Å². The van der Waals surface area contributed by atoms with Crippen molar-refractivity contribution in [3.05, 3.63) is 58.6 Å². The van der Waals surface area contributed by atoms with Gasteiger partial charge in [0.25, 0.3) is 0 Å². The van der Waals surface area contributed by atoms with E-state index in [0.717, 1.165) is 16.4 Å². The number of hydrogen-bond donors (Lipinski definition) is 0. The van der Waals surface area contributed by atoms with Crippen molar-refractivity contribution < 1.29 is 0 Å². The van der Waals surface area contributed by atoms with Gasteiger partial charge in [-0.05, 0) is 50.6 Å². The fourth-order valence-electron chi connectivity index (χ4n) is 1.20. The largest absolute Gasteiger partial charge is 0.262 e. The van der Waals surface area contributed by atoms with Crippen molar-refractivity contribution in [2.24, 2.45) is 0 Å². The molecule has 16 heavy (non-hydrogen) atoms. The zero-order valence-corrected chi connectivity index (χ0v) is 10.5. The average Bonchev–Trinajstić information content (AvgIpc) is 2.17. The molecule has 0 aromatic carbocycles. The molecule has 0 atom stereocenters. The van der Waals surface area contributed by atoms with Crippen LogP contribution in [-0.4, -0.2) is 9.97 Å². The summed E-state index contributed by atoms with van der Waals surface area (Å²) >= 11 is 5.60. The molecule has 2 rings (SSSR count). The Balaban J connectivity index is 0.000000160. The lowest BCUT2D eigenvalue weighted by atomic mass is 10.3. The summed E-state index contributed by atoms with van der Waals surface area (Å²) < 4.78 is 0. The lowest BCUT2D eigenvalue weighted by molar-refractivity contribution is 1.18. The second-order valence-electron chi connectivity index (χ2n) is 3.59. The zero-order valence-electron chi connectivity index (χ0n) is 9.74. The van der Waals surface area contributed by atoms with E-state index in [4.69, 9.17) is 11.6 Å². The van der Waals surface area contributed by atoms with Crippen molar-refractivity contribution in [1.82, 2.24) is 9.97 Å². The van der Waals surface area contributed by atoms with E-state index in [1.54, 1.807) is 12.3 Å². The van der Waals surface area contributed by atoms with Gasteiger partial charge in [-0.25, -0.2) is 0 Å². The first kappa shape index (κ1) is 12.7. The standard InChI is InChI=1S/C7H9N.C6H6ClN/c1-6-3-4-8-7(2)5-6;1-5-4-6(7)2-3-8-5/h3-5H,1-2H3;2-4H,1H3. The third-order valence-corrected chi connectivity index (χ3v) is 2.15. The molecule has 2 nitrogen and oxygen atoms in total. The van der Waals surface area contributed by atoms with Gasteiger partial charge in [-0.3, -0.25) is 9.97 Å². The quantitative estimate of drug-likeness (QED) is 0.694. The van der Waals surface area contributed by atoms with E-state index in [9.17, 15) is 0 Å². The molecule has 0 aliphatic rings. The predicted molar refractivity (Wildman–Crippen MR) is 67.7 cm³/mol. The van der Waals surface area contributed by atoms with E-state index in [-0.39, 0.29) is 0 Å². The Kier molecular flexibility index (Phi) is 4.93. The maximum atomic E-state index is 5.60. The minimum atomic E-state index is 0.748. The lowest BCUT2D eigenvalue weighted by Gasteiger charge is -1.90. The Labute approximate surface area is 101 Å². The normalized spacial score (nSPS) is 9.25. The molecule has 2 heterocycles. The summed E-state index contributed by atoms with van der Waals surface area (Å²) in [5, 5.41) is 0.748. The monoisotopic (exact) mass is 234 g/mol. The molecule has 2 aromatic heterocycles. The molecule has 0 saturated heterocycles. The molecule has 3 heteroatoms. The van der Waals surface area contributed by atoms with Gasteiger partial charge in [0.2, 0.25) is 0 Å². The van der Waals surface area contributed by atoms with Crippen molar-refractivity contribution >= 4 is 11.6 Å². The van der Waals surface area contributed by atoms with Crippen molar-refractivity contribution in [3.8, 4) is 0 Å². The first-order chi connectivity index (χ1) is 7.58. The number of aryl methyl sites for hydroxylation is 3. The van der Waals surface area contributed by atoms with E-state index in [2.05, 4.69) is 23.0 Å². The SMILES string of the molecule is Cc1cc(Cl)ccn1.Cc1ccnc(C)c1. The van der Waals surface area contributed by atoms with E-state index in [0.29, 0.717) is 0 Å². The van der Waals surface area contributed by atoms with E-state index < -0.39 is 0 Å². The molecule has 84 valence electrons. The van der Waals surface area contributed by atoms with Gasteiger partial charge in [0.15, 0.2) is 0 Å². The summed E-state index contributed by atoms with van der Waals surface area (Å²) in [6.07, 6.45) is 3.52. The summed E-state index contributed by atoms with van der Waals surface area (Å²) in [5.74, 6) is 0. The highest BCUT2D eigenvalue weighted by molar-refractivity contribution is 6.30. The van der Waals surface area contributed by atoms with Crippen LogP contribution in [0.25, 0.3) is 0 Å². The van der Waals surface area contributed by atoms with Crippen LogP contribution in [0.4, 0.5) is 0 Å². The molecule has 0 bridgehead atoms.